The summed E-state index contributed by atoms with van der Waals surface area (Å²) in [6.45, 7) is 3.85. The van der Waals surface area contributed by atoms with Crippen molar-refractivity contribution in [3.05, 3.63) is 47.0 Å². The highest BCUT2D eigenvalue weighted by Gasteiger charge is 2.12. The fourth-order valence-corrected chi connectivity index (χ4v) is 1.30. The van der Waals surface area contributed by atoms with Crippen LogP contribution in [-0.4, -0.2) is 19.5 Å². The first-order valence-electron chi connectivity index (χ1n) is 4.12. The van der Waals surface area contributed by atoms with E-state index in [9.17, 15) is 4.79 Å². The van der Waals surface area contributed by atoms with Crippen molar-refractivity contribution in [2.75, 3.05) is 13.7 Å². The first kappa shape index (κ1) is 11.0. The standard InChI is InChI=1S/C11H11ClO2/c1-8(7-14-2)11(13)9-5-3-4-6-10(9)12/h3-6H,1,7H2,2H3. The van der Waals surface area contributed by atoms with Crippen molar-refractivity contribution in [1.29, 1.82) is 0 Å². The molecule has 1 rings (SSSR count). The number of methoxy groups -OCH3 is 1. The molecule has 2 nitrogen and oxygen atoms in total. The van der Waals surface area contributed by atoms with Gasteiger partial charge in [0.25, 0.3) is 0 Å². The van der Waals surface area contributed by atoms with Gasteiger partial charge in [-0.15, -0.1) is 0 Å². The van der Waals surface area contributed by atoms with Gasteiger partial charge in [-0.1, -0.05) is 30.3 Å². The van der Waals surface area contributed by atoms with Crippen LogP contribution < -0.4 is 0 Å². The number of halogens is 1. The molecule has 0 unspecified atom stereocenters. The fourth-order valence-electron chi connectivity index (χ4n) is 1.08. The van der Waals surface area contributed by atoms with Crippen molar-refractivity contribution in [3.63, 3.8) is 0 Å². The first-order valence-corrected chi connectivity index (χ1v) is 4.50. The Labute approximate surface area is 88.1 Å². The van der Waals surface area contributed by atoms with E-state index < -0.39 is 0 Å². The van der Waals surface area contributed by atoms with Crippen LogP contribution in [0.5, 0.6) is 0 Å². The highest BCUT2D eigenvalue weighted by molar-refractivity contribution is 6.34. The number of carbonyl (C=O) groups excluding carboxylic acids is 1. The van der Waals surface area contributed by atoms with Gasteiger partial charge in [0.1, 0.15) is 0 Å². The number of hydrogen-bond donors (Lipinski definition) is 0. The number of ketones is 1. The largest absolute Gasteiger partial charge is 0.380 e. The molecule has 0 saturated heterocycles. The topological polar surface area (TPSA) is 26.3 Å². The Bertz CT molecular complexity index is 358. The molecule has 1 aromatic rings. The number of ether oxygens (including phenoxy) is 1. The van der Waals surface area contributed by atoms with Crippen molar-refractivity contribution >= 4 is 17.4 Å². The summed E-state index contributed by atoms with van der Waals surface area (Å²) in [5.41, 5.74) is 0.872. The van der Waals surface area contributed by atoms with E-state index in [1.807, 2.05) is 0 Å². The molecule has 0 saturated carbocycles. The Morgan fingerprint density at radius 3 is 2.71 bits per heavy atom. The van der Waals surface area contributed by atoms with Gasteiger partial charge in [0.2, 0.25) is 0 Å². The third kappa shape index (κ3) is 2.44. The van der Waals surface area contributed by atoms with Crippen LogP contribution in [0.15, 0.2) is 36.4 Å². The lowest BCUT2D eigenvalue weighted by Gasteiger charge is -2.04. The Balaban J connectivity index is 2.90. The summed E-state index contributed by atoms with van der Waals surface area (Å²) in [5.74, 6) is -0.169. The molecule has 0 aliphatic rings. The highest BCUT2D eigenvalue weighted by Crippen LogP contribution is 2.18. The van der Waals surface area contributed by atoms with Gasteiger partial charge >= 0.3 is 0 Å². The summed E-state index contributed by atoms with van der Waals surface area (Å²) < 4.78 is 4.82. The number of rotatable bonds is 4. The van der Waals surface area contributed by atoms with Crippen molar-refractivity contribution in [2.24, 2.45) is 0 Å². The van der Waals surface area contributed by atoms with E-state index in [0.29, 0.717) is 16.2 Å². The van der Waals surface area contributed by atoms with Gasteiger partial charge in [-0.25, -0.2) is 0 Å². The van der Waals surface area contributed by atoms with Gasteiger partial charge in [0.05, 0.1) is 11.6 Å². The Morgan fingerprint density at radius 1 is 1.50 bits per heavy atom. The van der Waals surface area contributed by atoms with Crippen LogP contribution in [0.2, 0.25) is 5.02 Å². The molecule has 0 radical (unpaired) electrons. The average molecular weight is 211 g/mol. The number of Topliss-reactive ketones (excluding diaryl/α,β-unsaturated/α-hetero) is 1. The maximum Gasteiger partial charge on any atom is 0.192 e. The molecular weight excluding hydrogens is 200 g/mol. The molecule has 0 amide bonds. The van der Waals surface area contributed by atoms with Gasteiger partial charge in [-0.2, -0.15) is 0 Å². The lowest BCUT2D eigenvalue weighted by Crippen LogP contribution is -2.07. The SMILES string of the molecule is C=C(COC)C(=O)c1ccccc1Cl. The first-order chi connectivity index (χ1) is 6.66. The fraction of sp³-hybridized carbons (Fsp3) is 0.182. The summed E-state index contributed by atoms with van der Waals surface area (Å²) in [7, 11) is 1.52. The molecule has 74 valence electrons. The molecule has 14 heavy (non-hydrogen) atoms. The van der Waals surface area contributed by atoms with E-state index in [1.165, 1.54) is 7.11 Å². The maximum atomic E-state index is 11.7. The molecule has 0 bridgehead atoms. The zero-order valence-corrected chi connectivity index (χ0v) is 8.67. The summed E-state index contributed by atoms with van der Waals surface area (Å²) in [6.07, 6.45) is 0. The Hall–Kier alpha value is -1.12. The normalized spacial score (nSPS) is 9.86. The van der Waals surface area contributed by atoms with Gasteiger partial charge in [0.15, 0.2) is 5.78 Å². The third-order valence-corrected chi connectivity index (χ3v) is 2.09. The molecule has 0 fully saturated rings. The Morgan fingerprint density at radius 2 is 2.14 bits per heavy atom. The molecule has 0 aromatic heterocycles. The monoisotopic (exact) mass is 210 g/mol. The third-order valence-electron chi connectivity index (χ3n) is 1.76. The van der Waals surface area contributed by atoms with Crippen LogP contribution in [0.25, 0.3) is 0 Å². The smallest absolute Gasteiger partial charge is 0.192 e. The quantitative estimate of drug-likeness (QED) is 0.564. The minimum Gasteiger partial charge on any atom is -0.380 e. The van der Waals surface area contributed by atoms with Gasteiger partial charge in [-0.05, 0) is 12.1 Å². The summed E-state index contributed by atoms with van der Waals surface area (Å²) in [5, 5.41) is 0.440. The van der Waals surface area contributed by atoms with E-state index >= 15 is 0 Å². The van der Waals surface area contributed by atoms with Crippen molar-refractivity contribution < 1.29 is 9.53 Å². The van der Waals surface area contributed by atoms with Gasteiger partial charge in [-0.3, -0.25) is 4.79 Å². The Kier molecular flexibility index (Phi) is 3.86. The van der Waals surface area contributed by atoms with Crippen LogP contribution in [0.3, 0.4) is 0 Å². The van der Waals surface area contributed by atoms with Crippen LogP contribution in [-0.2, 0) is 4.74 Å². The molecule has 0 heterocycles. The second kappa shape index (κ2) is 4.94. The molecule has 3 heteroatoms. The molecule has 0 aliphatic heterocycles. The predicted molar refractivity (Wildman–Crippen MR) is 56.8 cm³/mol. The lowest BCUT2D eigenvalue weighted by atomic mass is 10.1. The van der Waals surface area contributed by atoms with E-state index in [1.54, 1.807) is 24.3 Å². The summed E-state index contributed by atoms with van der Waals surface area (Å²) >= 11 is 5.86. The van der Waals surface area contributed by atoms with Crippen molar-refractivity contribution in [2.45, 2.75) is 0 Å². The molecule has 1 aromatic carbocycles. The van der Waals surface area contributed by atoms with Crippen LogP contribution in [0.4, 0.5) is 0 Å². The molecule has 0 atom stereocenters. The second-order valence-electron chi connectivity index (χ2n) is 2.85. The van der Waals surface area contributed by atoms with Crippen molar-refractivity contribution in [3.8, 4) is 0 Å². The average Bonchev–Trinajstić information content (AvgIpc) is 2.18. The highest BCUT2D eigenvalue weighted by atomic mass is 35.5. The number of carbonyl (C=O) groups is 1. The molecular formula is C11H11ClO2. The van der Waals surface area contributed by atoms with Crippen LogP contribution in [0, 0.1) is 0 Å². The van der Waals surface area contributed by atoms with E-state index in [2.05, 4.69) is 6.58 Å². The van der Waals surface area contributed by atoms with Gasteiger partial charge < -0.3 is 4.74 Å². The van der Waals surface area contributed by atoms with Crippen LogP contribution >= 0.6 is 11.6 Å². The van der Waals surface area contributed by atoms with Gasteiger partial charge in [0, 0.05) is 18.2 Å². The second-order valence-corrected chi connectivity index (χ2v) is 3.25. The number of benzene rings is 1. The summed E-state index contributed by atoms with van der Waals surface area (Å²) in [4.78, 5) is 11.7. The number of hydrogen-bond acceptors (Lipinski definition) is 2. The van der Waals surface area contributed by atoms with E-state index in [-0.39, 0.29) is 12.4 Å². The minimum absolute atomic E-state index is 0.169. The lowest BCUT2D eigenvalue weighted by molar-refractivity contribution is 0.101. The predicted octanol–water partition coefficient (Wildman–Crippen LogP) is 2.73. The maximum absolute atomic E-state index is 11.7. The zero-order chi connectivity index (χ0) is 10.6. The molecule has 0 spiro atoms. The van der Waals surface area contributed by atoms with E-state index in [0.717, 1.165) is 0 Å². The molecule has 0 N–H and O–H groups in total. The van der Waals surface area contributed by atoms with E-state index in [4.69, 9.17) is 16.3 Å². The summed E-state index contributed by atoms with van der Waals surface area (Å²) in [6, 6.07) is 6.89. The zero-order valence-electron chi connectivity index (χ0n) is 7.92. The van der Waals surface area contributed by atoms with Crippen LogP contribution in [0.1, 0.15) is 10.4 Å². The molecule has 0 aliphatic carbocycles. The van der Waals surface area contributed by atoms with Crippen molar-refractivity contribution in [1.82, 2.24) is 0 Å². The minimum atomic E-state index is -0.169.